The smallest absolute Gasteiger partial charge is 0.338 e. The first-order chi connectivity index (χ1) is 15.6. The van der Waals surface area contributed by atoms with Gasteiger partial charge < -0.3 is 19.3 Å². The van der Waals surface area contributed by atoms with Crippen LogP contribution >= 0.6 is 15.9 Å². The number of nitrogens with zero attached hydrogens (tertiary/aromatic N) is 1. The van der Waals surface area contributed by atoms with E-state index in [9.17, 15) is 18.3 Å². The molecule has 0 saturated carbocycles. The Morgan fingerprint density at radius 3 is 2.58 bits per heavy atom. The van der Waals surface area contributed by atoms with Crippen LogP contribution in [0.15, 0.2) is 45.9 Å². The maximum atomic E-state index is 13.2. The number of rotatable bonds is 2. The van der Waals surface area contributed by atoms with Gasteiger partial charge >= 0.3 is 5.97 Å². The van der Waals surface area contributed by atoms with Gasteiger partial charge in [-0.3, -0.25) is 4.72 Å². The molecule has 2 aromatic carbocycles. The van der Waals surface area contributed by atoms with Gasteiger partial charge in [0.2, 0.25) is 5.88 Å². The minimum Gasteiger partial charge on any atom is -0.505 e. The van der Waals surface area contributed by atoms with Crippen molar-refractivity contribution >= 4 is 37.6 Å². The number of sulfonamides is 1. The molecule has 0 fully saturated rings. The number of aromatic nitrogens is 1. The summed E-state index contributed by atoms with van der Waals surface area (Å²) in [5, 5.41) is 10.4. The second-order valence-electron chi connectivity index (χ2n) is 7.24. The Hall–Kier alpha value is -3.31. The number of aromatic hydroxyl groups is 1. The Morgan fingerprint density at radius 2 is 1.88 bits per heavy atom. The van der Waals surface area contributed by atoms with Gasteiger partial charge in [-0.2, -0.15) is 0 Å². The molecule has 0 aliphatic carbocycles. The fourth-order valence-electron chi connectivity index (χ4n) is 3.57. The highest BCUT2D eigenvalue weighted by Gasteiger charge is 2.27. The highest BCUT2D eigenvalue weighted by Crippen LogP contribution is 2.40. The number of pyridine rings is 1. The van der Waals surface area contributed by atoms with E-state index in [4.69, 9.17) is 14.2 Å². The summed E-state index contributed by atoms with van der Waals surface area (Å²) in [6.45, 7) is 1.64. The lowest BCUT2D eigenvalue weighted by atomic mass is 9.99. The van der Waals surface area contributed by atoms with Crippen LogP contribution in [-0.2, 0) is 21.4 Å². The topological polar surface area (TPSA) is 124 Å². The molecule has 2 heterocycles. The number of phenolic OH excluding ortho intramolecular Hbond substituents is 1. The molecule has 1 aliphatic heterocycles. The third-order valence-corrected chi connectivity index (χ3v) is 7.10. The fourth-order valence-corrected chi connectivity index (χ4v) is 5.35. The van der Waals surface area contributed by atoms with E-state index in [-0.39, 0.29) is 22.3 Å². The lowest BCUT2D eigenvalue weighted by Gasteiger charge is -2.17. The number of nitrogens with one attached hydrogen (secondary N) is 1. The van der Waals surface area contributed by atoms with E-state index in [0.29, 0.717) is 33.9 Å². The summed E-state index contributed by atoms with van der Waals surface area (Å²) in [7, 11) is -1.43. The number of carbonyl (C=O) groups excluding carboxylic acids is 1. The fraction of sp³-hybridized carbons (Fsp3) is 0.182. The van der Waals surface area contributed by atoms with E-state index >= 15 is 0 Å². The van der Waals surface area contributed by atoms with Gasteiger partial charge in [-0.05, 0) is 58.2 Å². The Bertz CT molecular complexity index is 1390. The third kappa shape index (κ3) is 4.21. The molecule has 0 saturated heterocycles. The second-order valence-corrected chi connectivity index (χ2v) is 9.75. The molecule has 9 nitrogen and oxygen atoms in total. The molecule has 172 valence electrons. The van der Waals surface area contributed by atoms with Gasteiger partial charge in [0.05, 0.1) is 29.9 Å². The number of benzene rings is 2. The summed E-state index contributed by atoms with van der Waals surface area (Å²) < 4.78 is 45.1. The zero-order chi connectivity index (χ0) is 23.9. The van der Waals surface area contributed by atoms with Crippen molar-refractivity contribution in [1.29, 1.82) is 0 Å². The SMILES string of the molecule is COc1cc2c(cn1)-c1cc(C)c(OC)c(c1)NS(=O)(=O)c1cc(cc(Br)c1O)C(=O)OC2. The molecule has 11 heteroatoms. The molecule has 0 spiro atoms. The second kappa shape index (κ2) is 8.56. The van der Waals surface area contributed by atoms with Gasteiger partial charge in [-0.15, -0.1) is 0 Å². The first-order valence-electron chi connectivity index (χ1n) is 9.59. The van der Waals surface area contributed by atoms with Crippen LogP contribution in [-0.4, -0.2) is 38.7 Å². The van der Waals surface area contributed by atoms with Crippen LogP contribution in [0.2, 0.25) is 0 Å². The molecule has 0 atom stereocenters. The predicted molar refractivity (Wildman–Crippen MR) is 123 cm³/mol. The van der Waals surface area contributed by atoms with Gasteiger partial charge in [0.1, 0.15) is 23.0 Å². The lowest BCUT2D eigenvalue weighted by molar-refractivity contribution is 0.0472. The van der Waals surface area contributed by atoms with Crippen LogP contribution in [0.3, 0.4) is 0 Å². The minimum atomic E-state index is -4.33. The molecule has 4 rings (SSSR count). The van der Waals surface area contributed by atoms with Crippen LogP contribution < -0.4 is 14.2 Å². The van der Waals surface area contributed by atoms with Crippen LogP contribution in [0.4, 0.5) is 5.69 Å². The average molecular weight is 535 g/mol. The van der Waals surface area contributed by atoms with Gasteiger partial charge in [-0.1, -0.05) is 0 Å². The van der Waals surface area contributed by atoms with Crippen molar-refractivity contribution in [2.75, 3.05) is 18.9 Å². The number of fused-ring (bicyclic) bond motifs is 6. The van der Waals surface area contributed by atoms with Crippen LogP contribution in [0.5, 0.6) is 17.4 Å². The number of cyclic esters (lactones) is 1. The summed E-state index contributed by atoms with van der Waals surface area (Å²) in [6, 6.07) is 7.38. The van der Waals surface area contributed by atoms with E-state index < -0.39 is 26.6 Å². The Morgan fingerprint density at radius 1 is 1.12 bits per heavy atom. The van der Waals surface area contributed by atoms with Crippen molar-refractivity contribution in [1.82, 2.24) is 4.98 Å². The number of esters is 1. The quantitative estimate of drug-likeness (QED) is 0.472. The first kappa shape index (κ1) is 22.9. The summed E-state index contributed by atoms with van der Waals surface area (Å²) in [5.74, 6) is -0.677. The Balaban J connectivity index is 2.03. The summed E-state index contributed by atoms with van der Waals surface area (Å²) in [6.07, 6.45) is 1.56. The molecular weight excluding hydrogens is 516 g/mol. The van der Waals surface area contributed by atoms with Crippen molar-refractivity contribution in [2.24, 2.45) is 0 Å². The molecule has 4 bridgehead atoms. The molecule has 0 radical (unpaired) electrons. The van der Waals surface area contributed by atoms with Gasteiger partial charge in [0.25, 0.3) is 10.0 Å². The van der Waals surface area contributed by atoms with Gasteiger partial charge in [0, 0.05) is 23.4 Å². The van der Waals surface area contributed by atoms with E-state index in [1.807, 2.05) is 0 Å². The number of hydrogen-bond acceptors (Lipinski definition) is 8. The molecule has 33 heavy (non-hydrogen) atoms. The maximum absolute atomic E-state index is 13.2. The number of hydrogen-bond donors (Lipinski definition) is 2. The van der Waals surface area contributed by atoms with Crippen LogP contribution in [0.25, 0.3) is 11.1 Å². The largest absolute Gasteiger partial charge is 0.505 e. The number of aryl methyl sites for hydroxylation is 1. The normalized spacial score (nSPS) is 14.5. The molecule has 1 aliphatic rings. The molecule has 1 aromatic heterocycles. The number of methoxy groups -OCH3 is 2. The molecule has 0 amide bonds. The summed E-state index contributed by atoms with van der Waals surface area (Å²) in [4.78, 5) is 16.5. The number of anilines is 1. The maximum Gasteiger partial charge on any atom is 0.338 e. The lowest BCUT2D eigenvalue weighted by Crippen LogP contribution is -2.15. The monoisotopic (exact) mass is 534 g/mol. The first-order valence-corrected chi connectivity index (χ1v) is 11.9. The highest BCUT2D eigenvalue weighted by molar-refractivity contribution is 9.10. The van der Waals surface area contributed by atoms with Crippen LogP contribution in [0.1, 0.15) is 21.5 Å². The van der Waals surface area contributed by atoms with Crippen molar-refractivity contribution < 1.29 is 32.5 Å². The van der Waals surface area contributed by atoms with Gasteiger partial charge in [0.15, 0.2) is 0 Å². The number of ether oxygens (including phenoxy) is 3. The van der Waals surface area contributed by atoms with E-state index in [2.05, 4.69) is 25.6 Å². The number of halogens is 1. The van der Waals surface area contributed by atoms with Crippen molar-refractivity contribution in [3.63, 3.8) is 0 Å². The molecule has 2 N–H and O–H groups in total. The van der Waals surface area contributed by atoms with E-state index in [1.54, 1.807) is 31.3 Å². The number of phenols is 1. The van der Waals surface area contributed by atoms with Crippen molar-refractivity contribution in [3.05, 3.63) is 57.7 Å². The number of carbonyl (C=O) groups is 1. The average Bonchev–Trinajstić information content (AvgIpc) is 2.78. The molecule has 0 unspecified atom stereocenters. The standard InChI is InChI=1S/C22H19BrN2O7S/c1-11-4-12-6-17(21(11)31-3)25-33(28,29)18-7-13(5-16(23)20(18)26)22(27)32-10-14-8-19(30-2)24-9-15(12)14/h4-9,25-26H,10H2,1-3H3. The Labute approximate surface area is 198 Å². The van der Waals surface area contributed by atoms with E-state index in [0.717, 1.165) is 6.07 Å². The zero-order valence-electron chi connectivity index (χ0n) is 17.8. The Kier molecular flexibility index (Phi) is 5.93. The minimum absolute atomic E-state index is 0.0235. The van der Waals surface area contributed by atoms with Crippen molar-refractivity contribution in [2.45, 2.75) is 18.4 Å². The van der Waals surface area contributed by atoms with E-state index in [1.165, 1.54) is 20.3 Å². The third-order valence-electron chi connectivity index (χ3n) is 5.12. The molecular formula is C22H19BrN2O7S. The summed E-state index contributed by atoms with van der Waals surface area (Å²) in [5.41, 5.74) is 2.58. The van der Waals surface area contributed by atoms with Gasteiger partial charge in [-0.25, -0.2) is 18.2 Å². The zero-order valence-corrected chi connectivity index (χ0v) is 20.2. The molecule has 3 aromatic rings. The van der Waals surface area contributed by atoms with Crippen LogP contribution in [0, 0.1) is 6.92 Å². The summed E-state index contributed by atoms with van der Waals surface area (Å²) >= 11 is 3.11. The predicted octanol–water partition coefficient (Wildman–Crippen LogP) is 4.01. The van der Waals surface area contributed by atoms with Crippen molar-refractivity contribution in [3.8, 4) is 28.5 Å². The highest BCUT2D eigenvalue weighted by atomic mass is 79.9.